The quantitative estimate of drug-likeness (QED) is 0.882. The lowest BCUT2D eigenvalue weighted by atomic mass is 9.96. The molecule has 1 aliphatic rings. The molecular weight excluding hydrogens is 321 g/mol. The Balaban J connectivity index is 2.14. The van der Waals surface area contributed by atoms with Gasteiger partial charge in [-0.3, -0.25) is 4.31 Å². The topological polar surface area (TPSA) is 78.5 Å². The number of amides is 2. The zero-order valence-electron chi connectivity index (χ0n) is 13.3. The molecule has 0 saturated heterocycles. The summed E-state index contributed by atoms with van der Waals surface area (Å²) in [6.45, 7) is 0. The first-order valence-electron chi connectivity index (χ1n) is 7.58. The molecule has 0 radical (unpaired) electrons. The van der Waals surface area contributed by atoms with Crippen LogP contribution in [0.15, 0.2) is 18.2 Å². The Morgan fingerprint density at radius 1 is 1.26 bits per heavy atom. The normalized spacial score (nSPS) is 16.0. The van der Waals surface area contributed by atoms with Gasteiger partial charge in [-0.05, 0) is 31.0 Å². The second kappa shape index (κ2) is 7.16. The monoisotopic (exact) mass is 343 g/mol. The highest BCUT2D eigenvalue weighted by Crippen LogP contribution is 2.27. The van der Waals surface area contributed by atoms with E-state index in [1.807, 2.05) is 0 Å². The van der Waals surface area contributed by atoms with Crippen molar-refractivity contribution in [2.75, 3.05) is 22.9 Å². The minimum absolute atomic E-state index is 0.105. The summed E-state index contributed by atoms with van der Waals surface area (Å²) in [6.07, 6.45) is 6.22. The Morgan fingerprint density at radius 2 is 1.91 bits per heavy atom. The summed E-state index contributed by atoms with van der Waals surface area (Å²) in [4.78, 5) is 12.1. The van der Waals surface area contributed by atoms with Crippen molar-refractivity contribution in [1.82, 2.24) is 5.32 Å². The first-order valence-corrected chi connectivity index (χ1v) is 9.43. The molecule has 2 N–H and O–H groups in total. The molecule has 6 nitrogen and oxygen atoms in total. The molecule has 23 heavy (non-hydrogen) atoms. The van der Waals surface area contributed by atoms with Crippen LogP contribution in [-0.4, -0.2) is 33.8 Å². The van der Waals surface area contributed by atoms with E-state index in [1.54, 1.807) is 0 Å². The summed E-state index contributed by atoms with van der Waals surface area (Å²) in [5.41, 5.74) is 0.332. The number of hydrogen-bond donors (Lipinski definition) is 2. The fourth-order valence-electron chi connectivity index (χ4n) is 2.65. The van der Waals surface area contributed by atoms with Crippen LogP contribution < -0.4 is 14.9 Å². The zero-order chi connectivity index (χ0) is 17.0. The van der Waals surface area contributed by atoms with E-state index >= 15 is 0 Å². The number of hydrogen-bond acceptors (Lipinski definition) is 3. The Kier molecular flexibility index (Phi) is 5.46. The van der Waals surface area contributed by atoms with Gasteiger partial charge in [-0.1, -0.05) is 19.3 Å². The van der Waals surface area contributed by atoms with Crippen LogP contribution in [0, 0.1) is 5.82 Å². The zero-order valence-corrected chi connectivity index (χ0v) is 14.1. The van der Waals surface area contributed by atoms with Gasteiger partial charge in [0.05, 0.1) is 17.6 Å². The Hall–Kier alpha value is -1.83. The average molecular weight is 343 g/mol. The lowest BCUT2D eigenvalue weighted by Crippen LogP contribution is -2.39. The van der Waals surface area contributed by atoms with Crippen LogP contribution in [0.25, 0.3) is 0 Å². The van der Waals surface area contributed by atoms with Gasteiger partial charge in [-0.2, -0.15) is 0 Å². The largest absolute Gasteiger partial charge is 0.335 e. The number of carbonyl (C=O) groups is 1. The molecule has 1 aromatic carbocycles. The summed E-state index contributed by atoms with van der Waals surface area (Å²) in [7, 11) is -2.16. The number of carbonyl (C=O) groups excluding carboxylic acids is 1. The maximum Gasteiger partial charge on any atom is 0.319 e. The molecule has 8 heteroatoms. The van der Waals surface area contributed by atoms with Gasteiger partial charge >= 0.3 is 6.03 Å². The molecule has 0 aromatic heterocycles. The molecule has 0 bridgehead atoms. The van der Waals surface area contributed by atoms with Gasteiger partial charge in [0, 0.05) is 13.1 Å². The molecular formula is C15H22FN3O3S. The van der Waals surface area contributed by atoms with Crippen molar-refractivity contribution in [1.29, 1.82) is 0 Å². The second-order valence-electron chi connectivity index (χ2n) is 5.83. The van der Waals surface area contributed by atoms with Gasteiger partial charge in [-0.15, -0.1) is 0 Å². The summed E-state index contributed by atoms with van der Waals surface area (Å²) in [6, 6.07) is 3.24. The summed E-state index contributed by atoms with van der Waals surface area (Å²) in [5.74, 6) is -0.552. The Labute approximate surface area is 136 Å². The van der Waals surface area contributed by atoms with E-state index in [9.17, 15) is 17.6 Å². The third-order valence-electron chi connectivity index (χ3n) is 3.98. The Morgan fingerprint density at radius 3 is 2.52 bits per heavy atom. The fraction of sp³-hybridized carbons (Fsp3) is 0.533. The van der Waals surface area contributed by atoms with E-state index in [2.05, 4.69) is 10.6 Å². The maximum atomic E-state index is 13.5. The van der Waals surface area contributed by atoms with Gasteiger partial charge in [0.15, 0.2) is 0 Å². The highest BCUT2D eigenvalue weighted by atomic mass is 32.2. The molecule has 128 valence electrons. The van der Waals surface area contributed by atoms with Crippen LogP contribution >= 0.6 is 0 Å². The number of sulfonamides is 1. The fourth-order valence-corrected chi connectivity index (χ4v) is 3.17. The highest BCUT2D eigenvalue weighted by molar-refractivity contribution is 7.92. The van der Waals surface area contributed by atoms with E-state index in [1.165, 1.54) is 19.5 Å². The minimum Gasteiger partial charge on any atom is -0.335 e. The van der Waals surface area contributed by atoms with Crippen molar-refractivity contribution in [2.24, 2.45) is 0 Å². The molecule has 0 aliphatic heterocycles. The van der Waals surface area contributed by atoms with E-state index in [4.69, 9.17) is 0 Å². The van der Waals surface area contributed by atoms with E-state index < -0.39 is 21.9 Å². The molecule has 2 amide bonds. The van der Waals surface area contributed by atoms with Crippen LogP contribution in [0.1, 0.15) is 32.1 Å². The van der Waals surface area contributed by atoms with Crippen molar-refractivity contribution in [2.45, 2.75) is 38.1 Å². The maximum absolute atomic E-state index is 13.5. The second-order valence-corrected chi connectivity index (χ2v) is 7.84. The number of anilines is 2. The standard InChI is InChI=1S/C15H22FN3O3S/c1-19(23(2,21)22)14-9-8-11(16)10-13(14)18-15(20)17-12-6-4-3-5-7-12/h8-10,12H,3-7H2,1-2H3,(H2,17,18,20). The molecule has 0 atom stereocenters. The lowest BCUT2D eigenvalue weighted by Gasteiger charge is -2.24. The molecule has 1 saturated carbocycles. The lowest BCUT2D eigenvalue weighted by molar-refractivity contribution is 0.244. The number of rotatable bonds is 4. The van der Waals surface area contributed by atoms with Crippen LogP contribution in [0.2, 0.25) is 0 Å². The van der Waals surface area contributed by atoms with Crippen molar-refractivity contribution < 1.29 is 17.6 Å². The predicted molar refractivity (Wildman–Crippen MR) is 88.7 cm³/mol. The first-order chi connectivity index (χ1) is 10.8. The third-order valence-corrected chi connectivity index (χ3v) is 5.18. The van der Waals surface area contributed by atoms with Gasteiger partial charge in [0.2, 0.25) is 10.0 Å². The minimum atomic E-state index is -3.52. The molecule has 1 aromatic rings. The van der Waals surface area contributed by atoms with E-state index in [0.717, 1.165) is 48.4 Å². The summed E-state index contributed by atoms with van der Waals surface area (Å²) in [5, 5.41) is 5.41. The SMILES string of the molecule is CN(c1ccc(F)cc1NC(=O)NC1CCCCC1)S(C)(=O)=O. The molecule has 1 fully saturated rings. The number of nitrogens with zero attached hydrogens (tertiary/aromatic N) is 1. The first kappa shape index (κ1) is 17.5. The number of urea groups is 1. The molecule has 0 spiro atoms. The molecule has 0 heterocycles. The average Bonchev–Trinajstić information content (AvgIpc) is 2.46. The van der Waals surface area contributed by atoms with Crippen molar-refractivity contribution >= 4 is 27.4 Å². The predicted octanol–water partition coefficient (Wildman–Crippen LogP) is 2.68. The van der Waals surface area contributed by atoms with Crippen molar-refractivity contribution in [3.05, 3.63) is 24.0 Å². The number of benzene rings is 1. The summed E-state index contributed by atoms with van der Waals surface area (Å²) >= 11 is 0. The number of nitrogens with one attached hydrogen (secondary N) is 2. The molecule has 0 unspecified atom stereocenters. The smallest absolute Gasteiger partial charge is 0.319 e. The van der Waals surface area contributed by atoms with Gasteiger partial charge in [0.1, 0.15) is 5.82 Å². The summed E-state index contributed by atoms with van der Waals surface area (Å²) < 4.78 is 37.8. The van der Waals surface area contributed by atoms with Gasteiger partial charge in [0.25, 0.3) is 0 Å². The van der Waals surface area contributed by atoms with Gasteiger partial charge in [-0.25, -0.2) is 17.6 Å². The van der Waals surface area contributed by atoms with E-state index in [-0.39, 0.29) is 17.4 Å². The van der Waals surface area contributed by atoms with Crippen molar-refractivity contribution in [3.63, 3.8) is 0 Å². The van der Waals surface area contributed by atoms with Crippen LogP contribution in [-0.2, 0) is 10.0 Å². The Bertz CT molecular complexity index is 673. The van der Waals surface area contributed by atoms with E-state index in [0.29, 0.717) is 0 Å². The van der Waals surface area contributed by atoms with Crippen LogP contribution in [0.3, 0.4) is 0 Å². The molecule has 1 aliphatic carbocycles. The third kappa shape index (κ3) is 4.82. The van der Waals surface area contributed by atoms with Gasteiger partial charge < -0.3 is 10.6 Å². The van der Waals surface area contributed by atoms with Crippen LogP contribution in [0.5, 0.6) is 0 Å². The van der Waals surface area contributed by atoms with Crippen molar-refractivity contribution in [3.8, 4) is 0 Å². The van der Waals surface area contributed by atoms with Crippen LogP contribution in [0.4, 0.5) is 20.6 Å². The number of halogens is 1. The molecule has 2 rings (SSSR count). The highest BCUT2D eigenvalue weighted by Gasteiger charge is 2.20.